The van der Waals surface area contributed by atoms with Gasteiger partial charge in [-0.3, -0.25) is 0 Å². The number of benzene rings is 1. The standard InChI is InChI=1S/C11H15ClFN/c1-3-7(2)11(14)9-5-4-8(13)6-10(9)12/h4-7,11H,3,14H2,1-2H3/t7?,11-/m0/s1. The van der Waals surface area contributed by atoms with Crippen molar-refractivity contribution in [3.05, 3.63) is 34.6 Å². The highest BCUT2D eigenvalue weighted by molar-refractivity contribution is 6.31. The molecule has 1 aromatic rings. The lowest BCUT2D eigenvalue weighted by molar-refractivity contribution is 0.456. The molecule has 0 aliphatic carbocycles. The lowest BCUT2D eigenvalue weighted by atomic mass is 9.93. The van der Waals surface area contributed by atoms with E-state index in [0.29, 0.717) is 10.9 Å². The van der Waals surface area contributed by atoms with Crippen LogP contribution in [-0.2, 0) is 0 Å². The molecule has 0 amide bonds. The highest BCUT2D eigenvalue weighted by atomic mass is 35.5. The molecule has 0 radical (unpaired) electrons. The number of hydrogen-bond donors (Lipinski definition) is 1. The minimum atomic E-state index is -0.324. The van der Waals surface area contributed by atoms with Gasteiger partial charge in [-0.15, -0.1) is 0 Å². The molecule has 0 bridgehead atoms. The van der Waals surface area contributed by atoms with E-state index in [2.05, 4.69) is 13.8 Å². The van der Waals surface area contributed by atoms with Crippen LogP contribution in [-0.4, -0.2) is 0 Å². The summed E-state index contributed by atoms with van der Waals surface area (Å²) in [7, 11) is 0. The van der Waals surface area contributed by atoms with Gasteiger partial charge in [-0.1, -0.05) is 37.9 Å². The van der Waals surface area contributed by atoms with Crippen molar-refractivity contribution in [2.75, 3.05) is 0 Å². The van der Waals surface area contributed by atoms with Crippen molar-refractivity contribution in [2.45, 2.75) is 26.3 Å². The number of nitrogens with two attached hydrogens (primary N) is 1. The molecule has 78 valence electrons. The molecule has 0 heterocycles. The lowest BCUT2D eigenvalue weighted by Crippen LogP contribution is -2.18. The van der Waals surface area contributed by atoms with Gasteiger partial charge in [0.2, 0.25) is 0 Å². The van der Waals surface area contributed by atoms with E-state index in [1.54, 1.807) is 6.07 Å². The van der Waals surface area contributed by atoms with Crippen molar-refractivity contribution in [2.24, 2.45) is 11.7 Å². The monoisotopic (exact) mass is 215 g/mol. The lowest BCUT2D eigenvalue weighted by Gasteiger charge is -2.19. The Morgan fingerprint density at radius 2 is 2.14 bits per heavy atom. The van der Waals surface area contributed by atoms with Crippen LogP contribution in [0.1, 0.15) is 31.9 Å². The first-order valence-electron chi connectivity index (χ1n) is 4.76. The van der Waals surface area contributed by atoms with Gasteiger partial charge in [-0.25, -0.2) is 4.39 Å². The second-order valence-corrected chi connectivity index (χ2v) is 3.98. The van der Waals surface area contributed by atoms with Crippen molar-refractivity contribution >= 4 is 11.6 Å². The fourth-order valence-corrected chi connectivity index (χ4v) is 1.63. The summed E-state index contributed by atoms with van der Waals surface area (Å²) >= 11 is 5.91. The molecule has 0 fully saturated rings. The molecule has 0 saturated heterocycles. The summed E-state index contributed by atoms with van der Waals surface area (Å²) in [5, 5.41) is 0.415. The summed E-state index contributed by atoms with van der Waals surface area (Å²) in [6.07, 6.45) is 0.981. The van der Waals surface area contributed by atoms with Gasteiger partial charge in [-0.05, 0) is 23.6 Å². The van der Waals surface area contributed by atoms with Crippen LogP contribution in [0.3, 0.4) is 0 Å². The summed E-state index contributed by atoms with van der Waals surface area (Å²) < 4.78 is 12.8. The quantitative estimate of drug-likeness (QED) is 0.820. The number of halogens is 2. The molecule has 1 nitrogen and oxygen atoms in total. The molecule has 14 heavy (non-hydrogen) atoms. The Bertz CT molecular complexity index is 314. The third kappa shape index (κ3) is 2.46. The van der Waals surface area contributed by atoms with Crippen LogP contribution in [0.25, 0.3) is 0 Å². The normalized spacial score (nSPS) is 15.2. The Morgan fingerprint density at radius 1 is 1.50 bits per heavy atom. The van der Waals surface area contributed by atoms with E-state index in [0.717, 1.165) is 12.0 Å². The highest BCUT2D eigenvalue weighted by Gasteiger charge is 2.16. The summed E-state index contributed by atoms with van der Waals surface area (Å²) in [6, 6.07) is 4.24. The van der Waals surface area contributed by atoms with Crippen LogP contribution >= 0.6 is 11.6 Å². The minimum absolute atomic E-state index is 0.118. The second kappa shape index (κ2) is 4.76. The third-order valence-corrected chi connectivity index (χ3v) is 2.91. The van der Waals surface area contributed by atoms with Crippen LogP contribution in [0.5, 0.6) is 0 Å². The van der Waals surface area contributed by atoms with Crippen molar-refractivity contribution in [1.82, 2.24) is 0 Å². The molecule has 0 saturated carbocycles. The molecular weight excluding hydrogens is 201 g/mol. The van der Waals surface area contributed by atoms with Crippen molar-refractivity contribution in [3.8, 4) is 0 Å². The molecule has 0 aliphatic rings. The topological polar surface area (TPSA) is 26.0 Å². The van der Waals surface area contributed by atoms with Gasteiger partial charge in [0.1, 0.15) is 5.82 Å². The van der Waals surface area contributed by atoms with Crippen LogP contribution in [0, 0.1) is 11.7 Å². The molecule has 0 aromatic heterocycles. The van der Waals surface area contributed by atoms with E-state index >= 15 is 0 Å². The van der Waals surface area contributed by atoms with Crippen molar-refractivity contribution in [3.63, 3.8) is 0 Å². The first-order valence-corrected chi connectivity index (χ1v) is 5.14. The minimum Gasteiger partial charge on any atom is -0.324 e. The maximum absolute atomic E-state index is 12.8. The zero-order chi connectivity index (χ0) is 10.7. The molecule has 0 aliphatic heterocycles. The summed E-state index contributed by atoms with van der Waals surface area (Å²) in [5.41, 5.74) is 6.81. The van der Waals surface area contributed by atoms with Crippen molar-refractivity contribution in [1.29, 1.82) is 0 Å². The Morgan fingerprint density at radius 3 is 2.64 bits per heavy atom. The van der Waals surface area contributed by atoms with Gasteiger partial charge in [0.15, 0.2) is 0 Å². The summed E-state index contributed by atoms with van der Waals surface area (Å²) in [6.45, 7) is 4.13. The van der Waals surface area contributed by atoms with Crippen LogP contribution < -0.4 is 5.73 Å². The van der Waals surface area contributed by atoms with Crippen LogP contribution in [0.2, 0.25) is 5.02 Å². The van der Waals surface area contributed by atoms with Gasteiger partial charge in [0.25, 0.3) is 0 Å². The fraction of sp³-hybridized carbons (Fsp3) is 0.455. The van der Waals surface area contributed by atoms with Gasteiger partial charge in [-0.2, -0.15) is 0 Å². The molecule has 2 atom stereocenters. The second-order valence-electron chi connectivity index (χ2n) is 3.58. The molecule has 3 heteroatoms. The maximum atomic E-state index is 12.8. The van der Waals surface area contributed by atoms with Crippen molar-refractivity contribution < 1.29 is 4.39 Å². The molecule has 0 spiro atoms. The number of hydrogen-bond acceptors (Lipinski definition) is 1. The molecule has 1 unspecified atom stereocenters. The SMILES string of the molecule is CCC(C)[C@H](N)c1ccc(F)cc1Cl. The van der Waals surface area contributed by atoms with E-state index in [1.165, 1.54) is 12.1 Å². The smallest absolute Gasteiger partial charge is 0.124 e. The molecule has 2 N–H and O–H groups in total. The van der Waals surface area contributed by atoms with E-state index in [-0.39, 0.29) is 11.9 Å². The Labute approximate surface area is 89.1 Å². The first kappa shape index (κ1) is 11.5. The predicted octanol–water partition coefficient (Wildman–Crippen LogP) is 3.53. The van der Waals surface area contributed by atoms with E-state index in [1.807, 2.05) is 0 Å². The molecular formula is C11H15ClFN. The predicted molar refractivity (Wildman–Crippen MR) is 57.8 cm³/mol. The Kier molecular flexibility index (Phi) is 3.90. The van der Waals surface area contributed by atoms with E-state index < -0.39 is 0 Å². The van der Waals surface area contributed by atoms with Gasteiger partial charge in [0, 0.05) is 11.1 Å². The maximum Gasteiger partial charge on any atom is 0.124 e. The van der Waals surface area contributed by atoms with Gasteiger partial charge < -0.3 is 5.73 Å². The Hall–Kier alpha value is -0.600. The summed E-state index contributed by atoms with van der Waals surface area (Å²) in [5.74, 6) is 0.0214. The average molecular weight is 216 g/mol. The van der Waals surface area contributed by atoms with Crippen LogP contribution in [0.4, 0.5) is 4.39 Å². The average Bonchev–Trinajstić information content (AvgIpc) is 2.15. The zero-order valence-corrected chi connectivity index (χ0v) is 9.18. The fourth-order valence-electron chi connectivity index (χ4n) is 1.33. The first-order chi connectivity index (χ1) is 6.56. The third-order valence-electron chi connectivity index (χ3n) is 2.58. The van der Waals surface area contributed by atoms with E-state index in [4.69, 9.17) is 17.3 Å². The largest absolute Gasteiger partial charge is 0.324 e. The summed E-state index contributed by atoms with van der Waals surface area (Å²) in [4.78, 5) is 0. The number of rotatable bonds is 3. The molecule has 1 rings (SSSR count). The van der Waals surface area contributed by atoms with Gasteiger partial charge in [0.05, 0.1) is 0 Å². The van der Waals surface area contributed by atoms with E-state index in [9.17, 15) is 4.39 Å². The highest BCUT2D eigenvalue weighted by Crippen LogP contribution is 2.28. The van der Waals surface area contributed by atoms with Gasteiger partial charge >= 0.3 is 0 Å². The Balaban J connectivity index is 2.95. The van der Waals surface area contributed by atoms with Crippen LogP contribution in [0.15, 0.2) is 18.2 Å². The molecule has 1 aromatic carbocycles. The zero-order valence-electron chi connectivity index (χ0n) is 8.43.